The molecule has 0 saturated carbocycles. The van der Waals surface area contributed by atoms with Crippen LogP contribution in [0.3, 0.4) is 0 Å². The minimum atomic E-state index is -3.95. The van der Waals surface area contributed by atoms with Crippen molar-refractivity contribution in [3.05, 3.63) is 46.5 Å². The van der Waals surface area contributed by atoms with Crippen LogP contribution in [0.25, 0.3) is 0 Å². The third-order valence-electron chi connectivity index (χ3n) is 2.41. The second kappa shape index (κ2) is 5.94. The first-order valence-electron chi connectivity index (χ1n) is 5.37. The molecule has 0 fully saturated rings. The summed E-state index contributed by atoms with van der Waals surface area (Å²) in [6.45, 7) is 0. The molecule has 0 atom stereocenters. The average molecular weight is 347 g/mol. The number of primary sulfonamides is 1. The number of rotatable bonds is 3. The zero-order valence-electron chi connectivity index (χ0n) is 10.2. The molecule has 0 aliphatic heterocycles. The fraction of sp³-hybridized carbons (Fsp3) is 0. The van der Waals surface area contributed by atoms with Crippen LogP contribution in [-0.4, -0.2) is 24.3 Å². The molecular formula is C11H8Cl2N4O3S. The minimum absolute atomic E-state index is 0.0586. The van der Waals surface area contributed by atoms with E-state index in [9.17, 15) is 13.2 Å². The monoisotopic (exact) mass is 346 g/mol. The highest BCUT2D eigenvalue weighted by Crippen LogP contribution is 2.33. The number of anilines is 1. The number of benzene rings is 1. The SMILES string of the molecule is NS(=O)(=O)c1cc(Cl)c(NC(=O)c2cncnc2)c(Cl)c1. The van der Waals surface area contributed by atoms with Crippen molar-refractivity contribution >= 4 is 44.8 Å². The summed E-state index contributed by atoms with van der Waals surface area (Å²) < 4.78 is 22.5. The summed E-state index contributed by atoms with van der Waals surface area (Å²) in [5.74, 6) is -0.539. The van der Waals surface area contributed by atoms with Gasteiger partial charge in [-0.05, 0) is 12.1 Å². The highest BCUT2D eigenvalue weighted by Gasteiger charge is 2.17. The van der Waals surface area contributed by atoms with Gasteiger partial charge in [0.1, 0.15) is 6.33 Å². The maximum absolute atomic E-state index is 11.9. The molecule has 1 amide bonds. The third kappa shape index (κ3) is 3.67. The lowest BCUT2D eigenvalue weighted by Crippen LogP contribution is -2.15. The Morgan fingerprint density at radius 2 is 1.67 bits per heavy atom. The molecule has 0 unspecified atom stereocenters. The standard InChI is InChI=1S/C11H8Cl2N4O3S/c12-8-1-7(21(14,19)20)2-9(13)10(8)17-11(18)6-3-15-5-16-4-6/h1-5H,(H,17,18)(H2,14,19,20). The molecule has 3 N–H and O–H groups in total. The second-order valence-electron chi connectivity index (χ2n) is 3.89. The van der Waals surface area contributed by atoms with Crippen LogP contribution < -0.4 is 10.5 Å². The Labute approximate surface area is 130 Å². The molecule has 1 aromatic carbocycles. The Morgan fingerprint density at radius 1 is 1.14 bits per heavy atom. The molecule has 0 spiro atoms. The molecule has 1 aromatic heterocycles. The van der Waals surface area contributed by atoms with Crippen LogP contribution in [0.15, 0.2) is 35.7 Å². The van der Waals surface area contributed by atoms with Gasteiger partial charge < -0.3 is 5.32 Å². The molecule has 0 bridgehead atoms. The van der Waals surface area contributed by atoms with Gasteiger partial charge in [-0.2, -0.15) is 0 Å². The third-order valence-corrected chi connectivity index (χ3v) is 3.89. The number of hydrogen-bond donors (Lipinski definition) is 2. The smallest absolute Gasteiger partial charge is 0.258 e. The lowest BCUT2D eigenvalue weighted by atomic mass is 10.2. The zero-order valence-corrected chi connectivity index (χ0v) is 12.6. The molecule has 10 heteroatoms. The number of halogens is 2. The van der Waals surface area contributed by atoms with Gasteiger partial charge in [0.05, 0.1) is 26.2 Å². The lowest BCUT2D eigenvalue weighted by molar-refractivity contribution is 0.102. The molecular weight excluding hydrogens is 339 g/mol. The number of carbonyl (C=O) groups excluding carboxylic acids is 1. The lowest BCUT2D eigenvalue weighted by Gasteiger charge is -2.10. The van der Waals surface area contributed by atoms with Crippen molar-refractivity contribution in [1.82, 2.24) is 9.97 Å². The van der Waals surface area contributed by atoms with Crippen molar-refractivity contribution in [2.45, 2.75) is 4.90 Å². The van der Waals surface area contributed by atoms with Crippen molar-refractivity contribution in [1.29, 1.82) is 0 Å². The van der Waals surface area contributed by atoms with E-state index in [4.69, 9.17) is 28.3 Å². The maximum Gasteiger partial charge on any atom is 0.258 e. The van der Waals surface area contributed by atoms with Gasteiger partial charge in [0, 0.05) is 12.4 Å². The fourth-order valence-corrected chi connectivity index (χ4v) is 2.71. The van der Waals surface area contributed by atoms with E-state index < -0.39 is 15.9 Å². The number of hydrogen-bond acceptors (Lipinski definition) is 5. The van der Waals surface area contributed by atoms with E-state index in [2.05, 4.69) is 15.3 Å². The summed E-state index contributed by atoms with van der Waals surface area (Å²) in [5.41, 5.74) is 0.264. The van der Waals surface area contributed by atoms with Crippen LogP contribution >= 0.6 is 23.2 Å². The Hall–Kier alpha value is -1.74. The van der Waals surface area contributed by atoms with Crippen LogP contribution in [0, 0.1) is 0 Å². The molecule has 2 aromatic rings. The maximum atomic E-state index is 11.9. The van der Waals surface area contributed by atoms with Crippen LogP contribution in [0.2, 0.25) is 10.0 Å². The van der Waals surface area contributed by atoms with Crippen molar-refractivity contribution in [2.24, 2.45) is 5.14 Å². The van der Waals surface area contributed by atoms with E-state index in [1.807, 2.05) is 0 Å². The van der Waals surface area contributed by atoms with Crippen molar-refractivity contribution < 1.29 is 13.2 Å². The Balaban J connectivity index is 2.36. The van der Waals surface area contributed by atoms with E-state index in [1.165, 1.54) is 18.7 Å². The van der Waals surface area contributed by atoms with Gasteiger partial charge in [0.2, 0.25) is 10.0 Å². The highest BCUT2D eigenvalue weighted by molar-refractivity contribution is 7.89. The topological polar surface area (TPSA) is 115 Å². The highest BCUT2D eigenvalue weighted by atomic mass is 35.5. The van der Waals surface area contributed by atoms with Gasteiger partial charge in [-0.3, -0.25) is 4.79 Å². The van der Waals surface area contributed by atoms with Gasteiger partial charge in [-0.25, -0.2) is 23.5 Å². The van der Waals surface area contributed by atoms with Crippen LogP contribution in [0.4, 0.5) is 5.69 Å². The predicted octanol–water partition coefficient (Wildman–Crippen LogP) is 1.68. The van der Waals surface area contributed by atoms with Gasteiger partial charge >= 0.3 is 0 Å². The number of aromatic nitrogens is 2. The first-order valence-corrected chi connectivity index (χ1v) is 7.67. The average Bonchev–Trinajstić information content (AvgIpc) is 2.42. The fourth-order valence-electron chi connectivity index (χ4n) is 1.44. The molecule has 110 valence electrons. The van der Waals surface area contributed by atoms with E-state index in [0.717, 1.165) is 12.1 Å². The molecule has 2 rings (SSSR count). The number of amides is 1. The van der Waals surface area contributed by atoms with E-state index >= 15 is 0 Å². The molecule has 7 nitrogen and oxygen atoms in total. The van der Waals surface area contributed by atoms with Gasteiger partial charge in [-0.1, -0.05) is 23.2 Å². The molecule has 21 heavy (non-hydrogen) atoms. The predicted molar refractivity (Wildman–Crippen MR) is 77.8 cm³/mol. The van der Waals surface area contributed by atoms with Crippen molar-refractivity contribution in [2.75, 3.05) is 5.32 Å². The second-order valence-corrected chi connectivity index (χ2v) is 6.26. The van der Waals surface area contributed by atoms with E-state index in [-0.39, 0.29) is 26.2 Å². The van der Waals surface area contributed by atoms with E-state index in [1.54, 1.807) is 0 Å². The molecule has 1 heterocycles. The number of nitrogens with one attached hydrogen (secondary N) is 1. The number of nitrogens with zero attached hydrogens (tertiary/aromatic N) is 2. The van der Waals surface area contributed by atoms with Crippen molar-refractivity contribution in [3.63, 3.8) is 0 Å². The first-order chi connectivity index (χ1) is 9.79. The minimum Gasteiger partial charge on any atom is -0.319 e. The zero-order chi connectivity index (χ0) is 15.6. The normalized spacial score (nSPS) is 11.2. The first kappa shape index (κ1) is 15.6. The van der Waals surface area contributed by atoms with Crippen LogP contribution in [-0.2, 0) is 10.0 Å². The molecule has 0 aliphatic carbocycles. The van der Waals surface area contributed by atoms with Crippen molar-refractivity contribution in [3.8, 4) is 0 Å². The van der Waals surface area contributed by atoms with E-state index in [0.29, 0.717) is 0 Å². The Morgan fingerprint density at radius 3 is 2.14 bits per heavy atom. The summed E-state index contributed by atoms with van der Waals surface area (Å²) >= 11 is 11.8. The Kier molecular flexibility index (Phi) is 4.43. The van der Waals surface area contributed by atoms with Gasteiger partial charge in [-0.15, -0.1) is 0 Å². The Bertz CT molecular complexity index is 773. The summed E-state index contributed by atoms with van der Waals surface area (Å²) in [7, 11) is -3.95. The van der Waals surface area contributed by atoms with Gasteiger partial charge in [0.25, 0.3) is 5.91 Å². The quantitative estimate of drug-likeness (QED) is 0.877. The van der Waals surface area contributed by atoms with Crippen LogP contribution in [0.1, 0.15) is 10.4 Å². The molecule has 0 radical (unpaired) electrons. The summed E-state index contributed by atoms with van der Waals surface area (Å²) in [5, 5.41) is 7.33. The number of carbonyl (C=O) groups is 1. The summed E-state index contributed by atoms with van der Waals surface area (Å²) in [6, 6.07) is 2.19. The largest absolute Gasteiger partial charge is 0.319 e. The molecule has 0 saturated heterocycles. The molecule has 0 aliphatic rings. The van der Waals surface area contributed by atoms with Gasteiger partial charge in [0.15, 0.2) is 0 Å². The number of nitrogens with two attached hydrogens (primary N) is 1. The number of sulfonamides is 1. The summed E-state index contributed by atoms with van der Waals surface area (Å²) in [6.07, 6.45) is 3.89. The summed E-state index contributed by atoms with van der Waals surface area (Å²) in [4.78, 5) is 19.1. The van der Waals surface area contributed by atoms with Crippen LogP contribution in [0.5, 0.6) is 0 Å².